The van der Waals surface area contributed by atoms with Gasteiger partial charge in [-0.05, 0) is 31.5 Å². The highest BCUT2D eigenvalue weighted by Crippen LogP contribution is 2.23. The molecular weight excluding hydrogens is 270 g/mol. The van der Waals surface area contributed by atoms with Crippen molar-refractivity contribution < 1.29 is 15.0 Å². The quantitative estimate of drug-likeness (QED) is 0.801. The van der Waals surface area contributed by atoms with Crippen molar-refractivity contribution in [1.29, 1.82) is 0 Å². The lowest BCUT2D eigenvalue weighted by atomic mass is 9.90. The Morgan fingerprint density at radius 2 is 2.05 bits per heavy atom. The summed E-state index contributed by atoms with van der Waals surface area (Å²) < 4.78 is 0. The molecule has 2 heterocycles. The molecule has 0 bridgehead atoms. The molecule has 6 heteroatoms. The minimum atomic E-state index is -1.13. The Kier molecular flexibility index (Phi) is 3.35. The summed E-state index contributed by atoms with van der Waals surface area (Å²) in [5.41, 5.74) is 0.770. The average Bonchev–Trinajstić information content (AvgIpc) is 2.49. The van der Waals surface area contributed by atoms with Crippen LogP contribution in [0.25, 0.3) is 11.0 Å². The van der Waals surface area contributed by atoms with Crippen molar-refractivity contribution in [1.82, 2.24) is 14.9 Å². The van der Waals surface area contributed by atoms with Crippen LogP contribution in [0.2, 0.25) is 0 Å². The van der Waals surface area contributed by atoms with E-state index < -0.39 is 11.7 Å². The van der Waals surface area contributed by atoms with Gasteiger partial charge in [0.1, 0.15) is 0 Å². The number of aliphatic hydroxyl groups excluding tert-OH is 1. The zero-order valence-corrected chi connectivity index (χ0v) is 11.7. The standard InChI is InChI=1S/C15H17N3O3/c1-15(21)4-7-18(9-13(15)19)14(20)10-2-3-11-12(8-10)17-6-5-16-11/h2-3,5-6,8,13,19,21H,4,7,9H2,1H3. The Bertz CT molecular complexity index is 687. The number of benzene rings is 1. The first kappa shape index (κ1) is 13.9. The van der Waals surface area contributed by atoms with Gasteiger partial charge < -0.3 is 15.1 Å². The molecule has 0 aliphatic carbocycles. The summed E-state index contributed by atoms with van der Waals surface area (Å²) in [4.78, 5) is 22.4. The Labute approximate surface area is 122 Å². The molecule has 2 unspecified atom stereocenters. The highest BCUT2D eigenvalue weighted by molar-refractivity contribution is 5.97. The number of carbonyl (C=O) groups excluding carboxylic acids is 1. The van der Waals surface area contributed by atoms with E-state index in [1.165, 1.54) is 0 Å². The summed E-state index contributed by atoms with van der Waals surface area (Å²) in [6.45, 7) is 2.14. The zero-order chi connectivity index (χ0) is 15.0. The Balaban J connectivity index is 1.84. The number of amides is 1. The second kappa shape index (κ2) is 5.05. The van der Waals surface area contributed by atoms with Crippen LogP contribution >= 0.6 is 0 Å². The first-order chi connectivity index (χ1) is 9.97. The average molecular weight is 287 g/mol. The van der Waals surface area contributed by atoms with Crippen LogP contribution < -0.4 is 0 Å². The molecule has 110 valence electrons. The van der Waals surface area contributed by atoms with Crippen molar-refractivity contribution in [2.45, 2.75) is 25.0 Å². The third kappa shape index (κ3) is 2.59. The second-order valence-corrected chi connectivity index (χ2v) is 5.63. The first-order valence-corrected chi connectivity index (χ1v) is 6.88. The molecule has 1 saturated heterocycles. The molecule has 6 nitrogen and oxygen atoms in total. The van der Waals surface area contributed by atoms with Crippen LogP contribution in [0, 0.1) is 0 Å². The number of aliphatic hydroxyl groups is 2. The van der Waals surface area contributed by atoms with Gasteiger partial charge >= 0.3 is 0 Å². The van der Waals surface area contributed by atoms with Crippen molar-refractivity contribution in [2.24, 2.45) is 0 Å². The number of fused-ring (bicyclic) bond motifs is 1. The lowest BCUT2D eigenvalue weighted by Gasteiger charge is -2.39. The maximum Gasteiger partial charge on any atom is 0.254 e. The fourth-order valence-electron chi connectivity index (χ4n) is 2.49. The van der Waals surface area contributed by atoms with E-state index in [2.05, 4.69) is 9.97 Å². The van der Waals surface area contributed by atoms with Gasteiger partial charge in [-0.3, -0.25) is 14.8 Å². The maximum atomic E-state index is 12.5. The van der Waals surface area contributed by atoms with Crippen LogP contribution in [0.15, 0.2) is 30.6 Å². The predicted molar refractivity (Wildman–Crippen MR) is 76.7 cm³/mol. The monoisotopic (exact) mass is 287 g/mol. The molecule has 1 aromatic heterocycles. The lowest BCUT2D eigenvalue weighted by Crippen LogP contribution is -2.55. The largest absolute Gasteiger partial charge is 0.388 e. The van der Waals surface area contributed by atoms with Crippen LogP contribution in [-0.2, 0) is 0 Å². The van der Waals surface area contributed by atoms with Crippen LogP contribution in [-0.4, -0.2) is 55.8 Å². The van der Waals surface area contributed by atoms with E-state index in [9.17, 15) is 15.0 Å². The topological polar surface area (TPSA) is 86.5 Å². The number of piperidine rings is 1. The number of aromatic nitrogens is 2. The van der Waals surface area contributed by atoms with Crippen molar-refractivity contribution in [3.8, 4) is 0 Å². The van der Waals surface area contributed by atoms with Gasteiger partial charge in [-0.2, -0.15) is 0 Å². The molecule has 0 saturated carbocycles. The number of β-amino-alcohol motifs (C(OH)–C–C–N with tert-alkyl or cyclic N) is 1. The van der Waals surface area contributed by atoms with E-state index in [-0.39, 0.29) is 12.5 Å². The molecule has 1 aliphatic heterocycles. The zero-order valence-electron chi connectivity index (χ0n) is 11.7. The predicted octanol–water partition coefficient (Wildman–Crippen LogP) is 0.588. The van der Waals surface area contributed by atoms with Gasteiger partial charge in [0.15, 0.2) is 0 Å². The van der Waals surface area contributed by atoms with E-state index in [1.807, 2.05) is 0 Å². The van der Waals surface area contributed by atoms with Crippen molar-refractivity contribution in [3.05, 3.63) is 36.2 Å². The maximum absolute atomic E-state index is 12.5. The molecule has 1 aliphatic rings. The summed E-state index contributed by atoms with van der Waals surface area (Å²) in [6.07, 6.45) is 2.61. The van der Waals surface area contributed by atoms with E-state index >= 15 is 0 Å². The molecular formula is C15H17N3O3. The number of hydrogen-bond acceptors (Lipinski definition) is 5. The van der Waals surface area contributed by atoms with Gasteiger partial charge in [0, 0.05) is 31.0 Å². The number of carbonyl (C=O) groups is 1. The summed E-state index contributed by atoms with van der Waals surface area (Å²) in [6, 6.07) is 5.16. The van der Waals surface area contributed by atoms with Gasteiger partial charge in [0.2, 0.25) is 0 Å². The molecule has 21 heavy (non-hydrogen) atoms. The van der Waals surface area contributed by atoms with Crippen LogP contribution in [0.1, 0.15) is 23.7 Å². The third-order valence-corrected chi connectivity index (χ3v) is 4.00. The highest BCUT2D eigenvalue weighted by Gasteiger charge is 2.38. The lowest BCUT2D eigenvalue weighted by molar-refractivity contribution is -0.0999. The van der Waals surface area contributed by atoms with Crippen LogP contribution in [0.4, 0.5) is 0 Å². The molecule has 2 N–H and O–H groups in total. The number of hydrogen-bond donors (Lipinski definition) is 2. The Morgan fingerprint density at radius 1 is 1.33 bits per heavy atom. The van der Waals surface area contributed by atoms with E-state index in [0.29, 0.717) is 24.0 Å². The van der Waals surface area contributed by atoms with Crippen LogP contribution in [0.3, 0.4) is 0 Å². The third-order valence-electron chi connectivity index (χ3n) is 4.00. The molecule has 0 spiro atoms. The SMILES string of the molecule is CC1(O)CCN(C(=O)c2ccc3nccnc3c2)CC1O. The Morgan fingerprint density at radius 3 is 2.76 bits per heavy atom. The van der Waals surface area contributed by atoms with Gasteiger partial charge in [-0.1, -0.05) is 0 Å². The first-order valence-electron chi connectivity index (χ1n) is 6.88. The normalized spacial score (nSPS) is 26.0. The molecule has 1 aromatic carbocycles. The molecule has 0 radical (unpaired) electrons. The summed E-state index contributed by atoms with van der Waals surface area (Å²) in [7, 11) is 0. The number of nitrogens with zero attached hydrogens (tertiary/aromatic N) is 3. The van der Waals surface area contributed by atoms with Crippen molar-refractivity contribution in [3.63, 3.8) is 0 Å². The van der Waals surface area contributed by atoms with Gasteiger partial charge in [-0.25, -0.2) is 0 Å². The molecule has 2 aromatic rings. The van der Waals surface area contributed by atoms with Crippen molar-refractivity contribution in [2.75, 3.05) is 13.1 Å². The summed E-state index contributed by atoms with van der Waals surface area (Å²) in [5, 5.41) is 19.9. The van der Waals surface area contributed by atoms with Gasteiger partial charge in [-0.15, -0.1) is 0 Å². The molecule has 2 atom stereocenters. The fraction of sp³-hybridized carbons (Fsp3) is 0.400. The van der Waals surface area contributed by atoms with E-state index in [1.54, 1.807) is 42.4 Å². The summed E-state index contributed by atoms with van der Waals surface area (Å²) in [5.74, 6) is -0.169. The molecule has 1 amide bonds. The van der Waals surface area contributed by atoms with Crippen LogP contribution in [0.5, 0.6) is 0 Å². The highest BCUT2D eigenvalue weighted by atomic mass is 16.3. The molecule has 3 rings (SSSR count). The van der Waals surface area contributed by atoms with Crippen molar-refractivity contribution >= 4 is 16.9 Å². The van der Waals surface area contributed by atoms with Gasteiger partial charge in [0.25, 0.3) is 5.91 Å². The fourth-order valence-corrected chi connectivity index (χ4v) is 2.49. The molecule has 1 fully saturated rings. The Hall–Kier alpha value is -2.05. The minimum absolute atomic E-state index is 0.129. The smallest absolute Gasteiger partial charge is 0.254 e. The van der Waals surface area contributed by atoms with Gasteiger partial charge in [0.05, 0.1) is 22.7 Å². The summed E-state index contributed by atoms with van der Waals surface area (Å²) >= 11 is 0. The second-order valence-electron chi connectivity index (χ2n) is 5.63. The van der Waals surface area contributed by atoms with E-state index in [0.717, 1.165) is 5.52 Å². The number of likely N-dealkylation sites (tertiary alicyclic amines) is 1. The number of rotatable bonds is 1. The minimum Gasteiger partial charge on any atom is -0.388 e. The van der Waals surface area contributed by atoms with E-state index in [4.69, 9.17) is 0 Å².